The molecule has 1 saturated carbocycles. The first-order valence-corrected chi connectivity index (χ1v) is 8.48. The zero-order valence-electron chi connectivity index (χ0n) is 14.0. The van der Waals surface area contributed by atoms with E-state index in [4.69, 9.17) is 5.11 Å². The molecule has 142 valence electrons. The molecule has 0 radical (unpaired) electrons. The average Bonchev–Trinajstić information content (AvgIpc) is 2.88. The van der Waals surface area contributed by atoms with Crippen molar-refractivity contribution < 1.29 is 27.5 Å². The van der Waals surface area contributed by atoms with Gasteiger partial charge in [-0.15, -0.1) is 0 Å². The highest BCUT2D eigenvalue weighted by atomic mass is 19.4. The Kier molecular flexibility index (Phi) is 3.61. The molecule has 0 spiro atoms. The van der Waals surface area contributed by atoms with Crippen molar-refractivity contribution in [3.8, 4) is 0 Å². The summed E-state index contributed by atoms with van der Waals surface area (Å²) in [6.45, 7) is 2.82. The van der Waals surface area contributed by atoms with E-state index in [-0.39, 0.29) is 30.9 Å². The van der Waals surface area contributed by atoms with E-state index in [1.54, 1.807) is 9.80 Å². The van der Waals surface area contributed by atoms with Gasteiger partial charge in [-0.05, 0) is 13.3 Å². The first-order valence-electron chi connectivity index (χ1n) is 8.48. The summed E-state index contributed by atoms with van der Waals surface area (Å²) in [5.74, 6) is -2.01. The molecule has 26 heavy (non-hydrogen) atoms. The van der Waals surface area contributed by atoms with E-state index < -0.39 is 41.8 Å². The Morgan fingerprint density at radius 2 is 2.00 bits per heavy atom. The minimum Gasteiger partial charge on any atom is -0.481 e. The number of anilines is 2. The van der Waals surface area contributed by atoms with Crippen molar-refractivity contribution in [3.05, 3.63) is 11.8 Å². The number of alkyl halides is 4. The van der Waals surface area contributed by atoms with E-state index in [9.17, 15) is 22.4 Å². The van der Waals surface area contributed by atoms with Crippen LogP contribution in [0.5, 0.6) is 0 Å². The van der Waals surface area contributed by atoms with Crippen LogP contribution in [0.3, 0.4) is 0 Å². The topological polar surface area (TPSA) is 69.6 Å². The van der Waals surface area contributed by atoms with Crippen LogP contribution in [-0.4, -0.2) is 52.4 Å². The summed E-state index contributed by atoms with van der Waals surface area (Å²) in [5, 5.41) is 8.80. The molecule has 1 aromatic rings. The molecule has 1 aliphatic carbocycles. The van der Waals surface area contributed by atoms with Gasteiger partial charge in [-0.3, -0.25) is 4.79 Å². The molecule has 10 heteroatoms. The Hall–Kier alpha value is -2.13. The first-order chi connectivity index (χ1) is 12.1. The molecule has 3 fully saturated rings. The van der Waals surface area contributed by atoms with Gasteiger partial charge in [-0.25, -0.2) is 9.37 Å². The lowest BCUT2D eigenvalue weighted by molar-refractivity contribution is -0.141. The van der Waals surface area contributed by atoms with Crippen LogP contribution in [0.4, 0.5) is 29.3 Å². The van der Waals surface area contributed by atoms with E-state index >= 15 is 0 Å². The lowest BCUT2D eigenvalue weighted by atomic mass is 10.1. The summed E-state index contributed by atoms with van der Waals surface area (Å²) in [5.41, 5.74) is -2.77. The predicted molar refractivity (Wildman–Crippen MR) is 83.7 cm³/mol. The van der Waals surface area contributed by atoms with Gasteiger partial charge in [0, 0.05) is 43.6 Å². The Labute approximate surface area is 146 Å². The van der Waals surface area contributed by atoms with Crippen molar-refractivity contribution in [1.29, 1.82) is 0 Å². The molecule has 0 unspecified atom stereocenters. The largest absolute Gasteiger partial charge is 0.481 e. The Balaban J connectivity index is 1.58. The third kappa shape index (κ3) is 2.66. The Morgan fingerprint density at radius 3 is 2.46 bits per heavy atom. The minimum absolute atomic E-state index is 0.0335. The number of nitrogens with zero attached hydrogens (tertiary/aromatic N) is 4. The minimum atomic E-state index is -4.60. The zero-order chi connectivity index (χ0) is 18.9. The molecular weight excluding hydrogens is 356 g/mol. The first kappa shape index (κ1) is 17.3. The van der Waals surface area contributed by atoms with E-state index in [1.807, 2.05) is 6.92 Å². The van der Waals surface area contributed by atoms with Crippen molar-refractivity contribution in [1.82, 2.24) is 9.97 Å². The van der Waals surface area contributed by atoms with Crippen LogP contribution in [-0.2, 0) is 11.0 Å². The number of carboxylic acid groups (broad SMARTS) is 1. The average molecular weight is 374 g/mol. The van der Waals surface area contributed by atoms with E-state index in [0.717, 1.165) is 12.5 Å². The summed E-state index contributed by atoms with van der Waals surface area (Å²) in [6.07, 6.45) is -4.30. The Bertz CT molecular complexity index is 744. The van der Waals surface area contributed by atoms with Crippen molar-refractivity contribution in [2.24, 2.45) is 11.8 Å². The van der Waals surface area contributed by atoms with Crippen molar-refractivity contribution in [2.75, 3.05) is 29.4 Å². The van der Waals surface area contributed by atoms with Gasteiger partial charge >= 0.3 is 12.1 Å². The van der Waals surface area contributed by atoms with Crippen LogP contribution in [0.15, 0.2) is 6.07 Å². The van der Waals surface area contributed by atoms with Crippen LogP contribution in [0.2, 0.25) is 0 Å². The standard InChI is InChI=1S/C16H18F4N4O2/c1-8-2-3-24(8)14-21-11(16(18,19)20)4-12(22-14)23-6-9-10(7-23)15(9,17)5-13(25)26/h4,8-10H,2-3,5-7H2,1H3,(H,25,26)/t8-,9-,10+,15-/m0/s1. The summed E-state index contributed by atoms with van der Waals surface area (Å²) in [4.78, 5) is 22.0. The van der Waals surface area contributed by atoms with Crippen molar-refractivity contribution >= 4 is 17.7 Å². The van der Waals surface area contributed by atoms with Crippen LogP contribution >= 0.6 is 0 Å². The molecule has 3 heterocycles. The van der Waals surface area contributed by atoms with Gasteiger partial charge in [0.2, 0.25) is 5.95 Å². The number of aromatic nitrogens is 2. The van der Waals surface area contributed by atoms with Gasteiger partial charge in [0.25, 0.3) is 0 Å². The Morgan fingerprint density at radius 1 is 1.35 bits per heavy atom. The molecule has 2 aliphatic heterocycles. The van der Waals surface area contributed by atoms with Gasteiger partial charge in [-0.1, -0.05) is 0 Å². The number of hydrogen-bond acceptors (Lipinski definition) is 5. The maximum Gasteiger partial charge on any atom is 0.433 e. The molecule has 1 aromatic heterocycles. The number of piperidine rings is 1. The molecule has 1 N–H and O–H groups in total. The third-order valence-electron chi connectivity index (χ3n) is 5.76. The number of fused-ring (bicyclic) bond motifs is 1. The highest BCUT2D eigenvalue weighted by Gasteiger charge is 2.70. The number of aliphatic carboxylic acids is 1. The van der Waals surface area contributed by atoms with Crippen LogP contribution in [0.25, 0.3) is 0 Å². The molecule has 0 aromatic carbocycles. The fourth-order valence-corrected chi connectivity index (χ4v) is 4.03. The second-order valence-corrected chi connectivity index (χ2v) is 7.36. The third-order valence-corrected chi connectivity index (χ3v) is 5.76. The molecule has 2 saturated heterocycles. The number of carboxylic acids is 1. The van der Waals surface area contributed by atoms with Gasteiger partial charge in [0.15, 0.2) is 5.69 Å². The van der Waals surface area contributed by atoms with Crippen molar-refractivity contribution in [3.63, 3.8) is 0 Å². The van der Waals surface area contributed by atoms with E-state index in [2.05, 4.69) is 9.97 Å². The molecule has 0 amide bonds. The maximum atomic E-state index is 14.5. The summed E-state index contributed by atoms with van der Waals surface area (Å²) in [7, 11) is 0. The van der Waals surface area contributed by atoms with E-state index in [0.29, 0.717) is 6.54 Å². The maximum absolute atomic E-state index is 14.5. The van der Waals surface area contributed by atoms with Gasteiger partial charge in [0.1, 0.15) is 11.5 Å². The number of halogens is 4. The molecule has 6 nitrogen and oxygen atoms in total. The fraction of sp³-hybridized carbons (Fsp3) is 0.688. The highest BCUT2D eigenvalue weighted by Crippen LogP contribution is 2.60. The smallest absolute Gasteiger partial charge is 0.433 e. The molecule has 4 atom stereocenters. The van der Waals surface area contributed by atoms with Crippen LogP contribution < -0.4 is 9.80 Å². The molecule has 4 rings (SSSR count). The van der Waals surface area contributed by atoms with Crippen LogP contribution in [0, 0.1) is 11.8 Å². The second kappa shape index (κ2) is 5.43. The zero-order valence-corrected chi connectivity index (χ0v) is 14.0. The second-order valence-electron chi connectivity index (χ2n) is 7.36. The predicted octanol–water partition coefficient (Wildman–Crippen LogP) is 2.34. The molecule has 0 bridgehead atoms. The lowest BCUT2D eigenvalue weighted by Crippen LogP contribution is -2.47. The monoisotopic (exact) mass is 374 g/mol. The summed E-state index contributed by atoms with van der Waals surface area (Å²) >= 11 is 0. The van der Waals surface area contributed by atoms with Gasteiger partial charge in [-0.2, -0.15) is 18.2 Å². The van der Waals surface area contributed by atoms with Crippen LogP contribution in [0.1, 0.15) is 25.5 Å². The normalized spacial score (nSPS) is 33.0. The summed E-state index contributed by atoms with van der Waals surface area (Å²) < 4.78 is 54.2. The number of rotatable bonds is 4. The summed E-state index contributed by atoms with van der Waals surface area (Å²) in [6, 6.07) is 0.961. The fourth-order valence-electron chi connectivity index (χ4n) is 4.03. The van der Waals surface area contributed by atoms with Gasteiger partial charge < -0.3 is 14.9 Å². The number of hydrogen-bond donors (Lipinski definition) is 1. The molecule has 3 aliphatic rings. The SMILES string of the molecule is C[C@H]1CCN1c1nc(N2C[C@@H]3[C@H](C2)[C@@]3(F)CC(=O)O)cc(C(F)(F)F)n1. The molecular formula is C16H18F4N4O2. The van der Waals surface area contributed by atoms with Gasteiger partial charge in [0.05, 0.1) is 6.42 Å². The number of carbonyl (C=O) groups is 1. The highest BCUT2D eigenvalue weighted by molar-refractivity contribution is 5.70. The lowest BCUT2D eigenvalue weighted by Gasteiger charge is -2.39. The van der Waals surface area contributed by atoms with Crippen molar-refractivity contribution in [2.45, 2.75) is 37.7 Å². The van der Waals surface area contributed by atoms with E-state index in [1.165, 1.54) is 0 Å². The quantitative estimate of drug-likeness (QED) is 0.816.